The molecule has 0 aliphatic carbocycles. The normalized spacial score (nSPS) is 18.5. The van der Waals surface area contributed by atoms with E-state index in [1.165, 1.54) is 10.6 Å². The molecular weight excluding hydrogens is 531 g/mol. The number of nitrogens with zero attached hydrogens (tertiary/aromatic N) is 8. The summed E-state index contributed by atoms with van der Waals surface area (Å²) < 4.78 is 35.2. The number of aromatic nitrogens is 6. The van der Waals surface area contributed by atoms with E-state index < -0.39 is 0 Å². The maximum absolute atomic E-state index is 15.0. The summed E-state index contributed by atoms with van der Waals surface area (Å²) in [6, 6.07) is 8.67. The molecule has 1 unspecified atom stereocenters. The van der Waals surface area contributed by atoms with Gasteiger partial charge >= 0.3 is 0 Å². The van der Waals surface area contributed by atoms with Crippen molar-refractivity contribution in [2.75, 3.05) is 69.7 Å². The zero-order valence-corrected chi connectivity index (χ0v) is 22.4. The summed E-state index contributed by atoms with van der Waals surface area (Å²) in [7, 11) is 0. The van der Waals surface area contributed by atoms with Gasteiger partial charge in [0.15, 0.2) is 17.1 Å². The van der Waals surface area contributed by atoms with E-state index >= 15 is 0 Å². The van der Waals surface area contributed by atoms with Gasteiger partial charge < -0.3 is 29.8 Å². The van der Waals surface area contributed by atoms with Crippen LogP contribution in [0, 0.1) is 5.82 Å². The van der Waals surface area contributed by atoms with Crippen LogP contribution in [0.3, 0.4) is 0 Å². The number of anilines is 2. The third-order valence-electron chi connectivity index (χ3n) is 7.54. The van der Waals surface area contributed by atoms with Crippen LogP contribution in [-0.2, 0) is 11.3 Å². The lowest BCUT2D eigenvalue weighted by Crippen LogP contribution is -2.47. The van der Waals surface area contributed by atoms with Crippen LogP contribution in [0.2, 0.25) is 0 Å². The van der Waals surface area contributed by atoms with Gasteiger partial charge in [0.25, 0.3) is 0 Å². The van der Waals surface area contributed by atoms with Gasteiger partial charge in [-0.25, -0.2) is 14.1 Å². The molecule has 6 heterocycles. The van der Waals surface area contributed by atoms with Gasteiger partial charge in [0, 0.05) is 51.9 Å². The van der Waals surface area contributed by atoms with Gasteiger partial charge in [-0.05, 0) is 24.3 Å². The lowest BCUT2D eigenvalue weighted by Gasteiger charge is -2.36. The van der Waals surface area contributed by atoms with Crippen LogP contribution in [0.15, 0.2) is 47.2 Å². The summed E-state index contributed by atoms with van der Waals surface area (Å²) in [6.45, 7) is 7.11. The van der Waals surface area contributed by atoms with Gasteiger partial charge in [-0.2, -0.15) is 14.6 Å². The van der Waals surface area contributed by atoms with Gasteiger partial charge in [0.05, 0.1) is 36.7 Å². The number of piperazine rings is 1. The third kappa shape index (κ3) is 5.16. The second kappa shape index (κ2) is 11.0. The average molecular weight is 563 g/mol. The van der Waals surface area contributed by atoms with Gasteiger partial charge in [0.2, 0.25) is 11.8 Å². The maximum Gasteiger partial charge on any atom is 0.225 e. The topological polar surface area (TPSA) is 137 Å². The molecule has 5 aromatic rings. The molecule has 0 radical (unpaired) electrons. The van der Waals surface area contributed by atoms with E-state index in [1.807, 2.05) is 10.7 Å². The van der Waals surface area contributed by atoms with Crippen molar-refractivity contribution in [3.8, 4) is 17.3 Å². The van der Waals surface area contributed by atoms with Crippen LogP contribution < -0.4 is 20.7 Å². The van der Waals surface area contributed by atoms with Gasteiger partial charge in [-0.15, -0.1) is 5.10 Å². The van der Waals surface area contributed by atoms with E-state index in [0.717, 1.165) is 51.2 Å². The number of furan rings is 1. The lowest BCUT2D eigenvalue weighted by molar-refractivity contribution is 0.000140. The first-order valence-electron chi connectivity index (χ1n) is 13.8. The Balaban J connectivity index is 0.962. The van der Waals surface area contributed by atoms with Crippen molar-refractivity contribution in [2.24, 2.45) is 0 Å². The smallest absolute Gasteiger partial charge is 0.225 e. The van der Waals surface area contributed by atoms with E-state index in [2.05, 4.69) is 35.3 Å². The summed E-state index contributed by atoms with van der Waals surface area (Å²) in [5.41, 5.74) is 8.04. The van der Waals surface area contributed by atoms with Gasteiger partial charge in [-0.3, -0.25) is 4.90 Å². The van der Waals surface area contributed by atoms with E-state index in [1.54, 1.807) is 30.7 Å². The summed E-state index contributed by atoms with van der Waals surface area (Å²) in [5, 5.41) is 13.0. The zero-order valence-electron chi connectivity index (χ0n) is 22.4. The highest BCUT2D eigenvalue weighted by atomic mass is 19.1. The zero-order chi connectivity index (χ0) is 27.8. The van der Waals surface area contributed by atoms with Crippen molar-refractivity contribution in [1.29, 1.82) is 0 Å². The number of nitrogen functional groups attached to an aromatic ring is 1. The molecule has 2 saturated heterocycles. The highest BCUT2D eigenvalue weighted by Crippen LogP contribution is 2.26. The second-order valence-electron chi connectivity index (χ2n) is 10.2. The van der Waals surface area contributed by atoms with Crippen LogP contribution >= 0.6 is 0 Å². The molecule has 0 saturated carbocycles. The summed E-state index contributed by atoms with van der Waals surface area (Å²) in [5.74, 6) is 1.46. The summed E-state index contributed by atoms with van der Waals surface area (Å²) >= 11 is 0. The van der Waals surface area contributed by atoms with Crippen LogP contribution in [0.5, 0.6) is 5.75 Å². The number of morpholine rings is 1. The fourth-order valence-electron chi connectivity index (χ4n) is 5.33. The first-order valence-corrected chi connectivity index (χ1v) is 13.8. The molecule has 2 aliphatic heterocycles. The highest BCUT2D eigenvalue weighted by molar-refractivity contribution is 5.90. The molecule has 3 N–H and O–H groups in total. The number of hydrogen-bond donors (Lipinski definition) is 2. The van der Waals surface area contributed by atoms with Crippen LogP contribution in [-0.4, -0.2) is 99.4 Å². The number of benzene rings is 1. The van der Waals surface area contributed by atoms with Gasteiger partial charge in [0.1, 0.15) is 24.3 Å². The molecule has 2 fully saturated rings. The molecule has 41 heavy (non-hydrogen) atoms. The molecule has 1 atom stereocenters. The molecule has 14 heteroatoms. The Labute approximate surface area is 234 Å². The average Bonchev–Trinajstić information content (AvgIpc) is 3.76. The largest absolute Gasteiger partial charge is 0.491 e. The van der Waals surface area contributed by atoms with Crippen molar-refractivity contribution >= 4 is 28.3 Å². The molecular formula is C27H31FN10O3. The minimum atomic E-state index is -0.277. The number of rotatable bonds is 8. The number of nitrogens with two attached hydrogens (primary N) is 1. The SMILES string of the molecule is Nc1nc2c(cnn2CCN2CCN(c3ccc(OCC4CNCCO4)cc3F)CC2)c2nc(-c3ccco3)nn12. The first-order chi connectivity index (χ1) is 20.1. The quantitative estimate of drug-likeness (QED) is 0.286. The Morgan fingerprint density at radius 1 is 1.10 bits per heavy atom. The van der Waals surface area contributed by atoms with Crippen molar-refractivity contribution < 1.29 is 18.3 Å². The molecule has 1 aromatic carbocycles. The Morgan fingerprint density at radius 2 is 2.00 bits per heavy atom. The molecule has 0 spiro atoms. The molecule has 4 aromatic heterocycles. The Hall–Kier alpha value is -4.27. The third-order valence-corrected chi connectivity index (χ3v) is 7.54. The lowest BCUT2D eigenvalue weighted by atomic mass is 10.2. The molecule has 0 bridgehead atoms. The summed E-state index contributed by atoms with van der Waals surface area (Å²) in [4.78, 5) is 13.6. The van der Waals surface area contributed by atoms with Crippen LogP contribution in [0.25, 0.3) is 28.3 Å². The first kappa shape index (κ1) is 25.7. The number of halogens is 1. The number of nitrogens with one attached hydrogen (secondary N) is 1. The molecule has 2 aliphatic rings. The monoisotopic (exact) mass is 562 g/mol. The minimum Gasteiger partial charge on any atom is -0.491 e. The Morgan fingerprint density at radius 3 is 2.78 bits per heavy atom. The van der Waals surface area contributed by atoms with E-state index in [-0.39, 0.29) is 17.9 Å². The van der Waals surface area contributed by atoms with E-state index in [9.17, 15) is 4.39 Å². The molecule has 7 rings (SSSR count). The number of ether oxygens (including phenoxy) is 2. The standard InChI is InChI=1S/C27H31FN10O3/c28-21-14-18(41-17-19-15-30-5-13-39-19)3-4-22(21)36-9-6-35(7-10-36)8-11-37-25-20(16-31-37)26-32-24(23-2-1-12-40-23)34-38(26)27(29)33-25/h1-4,12,14,16,19,30H,5-11,13,15,17H2,(H2,29,33). The predicted octanol–water partition coefficient (Wildman–Crippen LogP) is 1.64. The summed E-state index contributed by atoms with van der Waals surface area (Å²) in [6.07, 6.45) is 3.30. The second-order valence-corrected chi connectivity index (χ2v) is 10.2. The fraction of sp³-hybridized carbons (Fsp3) is 0.407. The molecule has 0 amide bonds. The van der Waals surface area contributed by atoms with Crippen molar-refractivity contribution in [1.82, 2.24) is 39.6 Å². The number of fused-ring (bicyclic) bond motifs is 3. The number of hydrogen-bond acceptors (Lipinski definition) is 11. The highest BCUT2D eigenvalue weighted by Gasteiger charge is 2.22. The van der Waals surface area contributed by atoms with Crippen molar-refractivity contribution in [3.05, 3.63) is 48.6 Å². The molecule has 13 nitrogen and oxygen atoms in total. The Bertz CT molecular complexity index is 1640. The van der Waals surface area contributed by atoms with Gasteiger partial charge in [-0.1, -0.05) is 0 Å². The fourth-order valence-corrected chi connectivity index (χ4v) is 5.33. The predicted molar refractivity (Wildman–Crippen MR) is 149 cm³/mol. The van der Waals surface area contributed by atoms with Crippen molar-refractivity contribution in [2.45, 2.75) is 12.6 Å². The van der Waals surface area contributed by atoms with Crippen LogP contribution in [0.1, 0.15) is 0 Å². The van der Waals surface area contributed by atoms with Crippen LogP contribution in [0.4, 0.5) is 16.0 Å². The van der Waals surface area contributed by atoms with E-state index in [4.69, 9.17) is 19.6 Å². The molecule has 214 valence electrons. The minimum absolute atomic E-state index is 0.0173. The van der Waals surface area contributed by atoms with Crippen molar-refractivity contribution in [3.63, 3.8) is 0 Å². The van der Waals surface area contributed by atoms with E-state index in [0.29, 0.717) is 54.1 Å². The maximum atomic E-state index is 15.0. The Kier molecular flexibility index (Phi) is 6.86.